The molecule has 0 spiro atoms. The molecule has 9 nitrogen and oxygen atoms in total. The number of aryl methyl sites for hydroxylation is 1. The molecule has 5 N–H and O–H groups in total. The smallest absolute Gasteiger partial charge is 0.415 e. The molecule has 0 unspecified atom stereocenters. The lowest BCUT2D eigenvalue weighted by molar-refractivity contribution is -0.202. The fourth-order valence-corrected chi connectivity index (χ4v) is 3.85. The van der Waals surface area contributed by atoms with Crippen molar-refractivity contribution in [2.75, 3.05) is 20.7 Å². The molecule has 1 aromatic carbocycles. The molecule has 0 amide bonds. The first kappa shape index (κ1) is 25.6. The zero-order valence-electron chi connectivity index (χ0n) is 19.4. The highest BCUT2D eigenvalue weighted by molar-refractivity contribution is 5.98. The van der Waals surface area contributed by atoms with Crippen molar-refractivity contribution >= 4 is 22.6 Å². The predicted molar refractivity (Wildman–Crippen MR) is 123 cm³/mol. The van der Waals surface area contributed by atoms with Crippen LogP contribution in [0.25, 0.3) is 11.0 Å². The lowest BCUT2D eigenvalue weighted by atomic mass is 9.93. The number of fused-ring (bicyclic) bond motifs is 1. The van der Waals surface area contributed by atoms with Crippen LogP contribution in [0.4, 0.5) is 18.9 Å². The number of halogens is 3. The summed E-state index contributed by atoms with van der Waals surface area (Å²) < 4.78 is 50.7. The van der Waals surface area contributed by atoms with Gasteiger partial charge in [0.1, 0.15) is 17.1 Å². The lowest BCUT2D eigenvalue weighted by Gasteiger charge is -2.30. The van der Waals surface area contributed by atoms with Gasteiger partial charge in [-0.25, -0.2) is 9.98 Å². The summed E-state index contributed by atoms with van der Waals surface area (Å²) in [6.45, 7) is -0.508. The summed E-state index contributed by atoms with van der Waals surface area (Å²) in [7, 11) is 5.09. The second kappa shape index (κ2) is 11.0. The van der Waals surface area contributed by atoms with Crippen LogP contribution in [0.2, 0.25) is 0 Å². The summed E-state index contributed by atoms with van der Waals surface area (Å²) in [6.07, 6.45) is -1.18. The number of hydrogen-bond donors (Lipinski definition) is 4. The number of ether oxygens (including phenoxy) is 2. The lowest BCUT2D eigenvalue weighted by Crippen LogP contribution is -2.44. The van der Waals surface area contributed by atoms with Crippen molar-refractivity contribution in [1.82, 2.24) is 20.2 Å². The van der Waals surface area contributed by atoms with E-state index in [-0.39, 0.29) is 18.0 Å². The van der Waals surface area contributed by atoms with Crippen molar-refractivity contribution in [1.29, 1.82) is 0 Å². The molecule has 1 aliphatic carbocycles. The minimum atomic E-state index is -4.62. The zero-order valence-corrected chi connectivity index (χ0v) is 19.4. The molecule has 0 bridgehead atoms. The van der Waals surface area contributed by atoms with Crippen LogP contribution in [0.1, 0.15) is 25.7 Å². The van der Waals surface area contributed by atoms with Gasteiger partial charge in [0.2, 0.25) is 0 Å². The van der Waals surface area contributed by atoms with Crippen molar-refractivity contribution in [2.24, 2.45) is 17.8 Å². The van der Waals surface area contributed by atoms with E-state index in [4.69, 9.17) is 20.3 Å². The number of aliphatic hydroxyl groups is 1. The Balaban J connectivity index is 1.69. The number of benzene rings is 1. The summed E-state index contributed by atoms with van der Waals surface area (Å²) in [5.74, 6) is 1.29. The third kappa shape index (κ3) is 6.54. The van der Waals surface area contributed by atoms with Gasteiger partial charge in [0.25, 0.3) is 0 Å². The van der Waals surface area contributed by atoms with E-state index in [0.717, 1.165) is 5.52 Å². The average Bonchev–Trinajstić information content (AvgIpc) is 3.17. The summed E-state index contributed by atoms with van der Waals surface area (Å²) in [4.78, 5) is 8.89. The average molecular weight is 485 g/mol. The molecule has 2 aromatic rings. The SMILES string of the molecule is CN/C(=C\C(N)=Nc1cc(OC2CCC(NC[C@@H](O)C(F)(F)F)CC2)cc2c1ncn2C)OC. The van der Waals surface area contributed by atoms with Crippen LogP contribution in [0.3, 0.4) is 0 Å². The number of nitrogens with two attached hydrogens (primary N) is 1. The first-order chi connectivity index (χ1) is 16.1. The maximum atomic E-state index is 12.5. The summed E-state index contributed by atoms with van der Waals surface area (Å²) in [5.41, 5.74) is 8.11. The number of aliphatic imine (C=N–C) groups is 1. The Morgan fingerprint density at radius 1 is 1.35 bits per heavy atom. The van der Waals surface area contributed by atoms with E-state index in [9.17, 15) is 13.2 Å². The third-order valence-electron chi connectivity index (χ3n) is 5.73. The van der Waals surface area contributed by atoms with E-state index in [1.54, 1.807) is 25.5 Å². The Bertz CT molecular complexity index is 1020. The van der Waals surface area contributed by atoms with Crippen LogP contribution in [-0.2, 0) is 11.8 Å². The van der Waals surface area contributed by atoms with Crippen LogP contribution in [0, 0.1) is 0 Å². The van der Waals surface area contributed by atoms with E-state index in [1.165, 1.54) is 7.11 Å². The fraction of sp³-hybridized carbons (Fsp3) is 0.545. The first-order valence-electron chi connectivity index (χ1n) is 11.0. The molecular formula is C22H31F3N6O3. The van der Waals surface area contributed by atoms with Gasteiger partial charge in [-0.2, -0.15) is 13.2 Å². The van der Waals surface area contributed by atoms with Crippen molar-refractivity contribution < 1.29 is 27.8 Å². The molecule has 1 saturated carbocycles. The van der Waals surface area contributed by atoms with Gasteiger partial charge in [-0.3, -0.25) is 0 Å². The number of nitrogens with one attached hydrogen (secondary N) is 2. The number of rotatable bonds is 9. The number of hydrogen-bond acceptors (Lipinski definition) is 7. The van der Waals surface area contributed by atoms with Gasteiger partial charge in [0.05, 0.1) is 30.7 Å². The van der Waals surface area contributed by atoms with Crippen LogP contribution < -0.4 is 21.1 Å². The molecule has 1 aliphatic rings. The molecule has 12 heteroatoms. The van der Waals surface area contributed by atoms with E-state index >= 15 is 0 Å². The van der Waals surface area contributed by atoms with Gasteiger partial charge in [-0.15, -0.1) is 0 Å². The van der Waals surface area contributed by atoms with E-state index < -0.39 is 18.8 Å². The Labute approximate surface area is 195 Å². The van der Waals surface area contributed by atoms with Crippen molar-refractivity contribution in [3.63, 3.8) is 0 Å². The van der Waals surface area contributed by atoms with E-state index in [2.05, 4.69) is 20.6 Å². The number of methoxy groups -OCH3 is 1. The molecule has 1 heterocycles. The molecular weight excluding hydrogens is 453 g/mol. The highest BCUT2D eigenvalue weighted by atomic mass is 19.4. The quantitative estimate of drug-likeness (QED) is 0.245. The molecule has 1 aromatic heterocycles. The highest BCUT2D eigenvalue weighted by Gasteiger charge is 2.38. The van der Waals surface area contributed by atoms with E-state index in [0.29, 0.717) is 48.5 Å². The highest BCUT2D eigenvalue weighted by Crippen LogP contribution is 2.33. The van der Waals surface area contributed by atoms with Crippen molar-refractivity contribution in [3.8, 4) is 5.75 Å². The van der Waals surface area contributed by atoms with Gasteiger partial charge < -0.3 is 35.5 Å². The Hall–Kier alpha value is -2.99. The number of nitrogens with zero attached hydrogens (tertiary/aromatic N) is 3. The number of aliphatic hydroxyl groups excluding tert-OH is 1. The largest absolute Gasteiger partial charge is 0.490 e. The van der Waals surface area contributed by atoms with Crippen molar-refractivity contribution in [2.45, 2.75) is 50.1 Å². The van der Waals surface area contributed by atoms with Crippen LogP contribution in [0.5, 0.6) is 5.75 Å². The number of alkyl halides is 3. The molecule has 1 fully saturated rings. The topological polar surface area (TPSA) is 119 Å². The maximum absolute atomic E-state index is 12.5. The molecule has 188 valence electrons. The summed E-state index contributed by atoms with van der Waals surface area (Å²) in [5, 5.41) is 14.8. The fourth-order valence-electron chi connectivity index (χ4n) is 3.85. The zero-order chi connectivity index (χ0) is 24.9. The Kier molecular flexibility index (Phi) is 8.26. The molecule has 3 rings (SSSR count). The summed E-state index contributed by atoms with van der Waals surface area (Å²) >= 11 is 0. The normalized spacial score (nSPS) is 20.9. The second-order valence-electron chi connectivity index (χ2n) is 8.22. The standard InChI is InChI=1S/C22H31F3N6O3/c1-27-20(33-3)10-19(26)30-16-8-15(9-17-21(16)29-12-31(17)2)34-14-6-4-13(5-7-14)28-11-18(32)22(23,24)25/h8-10,12-14,18,27-28,32H,4-7,11H2,1-3H3,(H2,26,30)/b20-10+/t13?,14?,18-/m1/s1. The predicted octanol–water partition coefficient (Wildman–Crippen LogP) is 2.47. The first-order valence-corrected chi connectivity index (χ1v) is 11.0. The van der Waals surface area contributed by atoms with Gasteiger partial charge in [-0.1, -0.05) is 0 Å². The molecule has 0 radical (unpaired) electrons. The minimum absolute atomic E-state index is 0.0882. The van der Waals surface area contributed by atoms with Crippen LogP contribution >= 0.6 is 0 Å². The Morgan fingerprint density at radius 2 is 2.06 bits per heavy atom. The van der Waals surface area contributed by atoms with Gasteiger partial charge in [-0.05, 0) is 25.7 Å². The van der Waals surface area contributed by atoms with Crippen molar-refractivity contribution in [3.05, 3.63) is 30.4 Å². The monoisotopic (exact) mass is 484 g/mol. The number of amidine groups is 1. The van der Waals surface area contributed by atoms with Gasteiger partial charge >= 0.3 is 6.18 Å². The maximum Gasteiger partial charge on any atom is 0.415 e. The third-order valence-corrected chi connectivity index (χ3v) is 5.73. The summed E-state index contributed by atoms with van der Waals surface area (Å²) in [6, 6.07) is 3.56. The molecule has 0 aliphatic heterocycles. The van der Waals surface area contributed by atoms with Crippen LogP contribution in [-0.4, -0.2) is 65.6 Å². The molecule has 0 saturated heterocycles. The van der Waals surface area contributed by atoms with Gasteiger partial charge in [0.15, 0.2) is 12.0 Å². The second-order valence-corrected chi connectivity index (χ2v) is 8.22. The van der Waals surface area contributed by atoms with E-state index in [1.807, 2.05) is 17.7 Å². The number of aromatic nitrogens is 2. The Morgan fingerprint density at radius 3 is 2.68 bits per heavy atom. The van der Waals surface area contributed by atoms with Gasteiger partial charge in [0, 0.05) is 44.9 Å². The minimum Gasteiger partial charge on any atom is -0.490 e. The van der Waals surface area contributed by atoms with Crippen LogP contribution in [0.15, 0.2) is 35.4 Å². The molecule has 1 atom stereocenters. The molecule has 34 heavy (non-hydrogen) atoms. The number of imidazole rings is 1.